The summed E-state index contributed by atoms with van der Waals surface area (Å²) in [6.45, 7) is -3.57. The largest absolute Gasteiger partial charge is 0.394 e. The van der Waals surface area contributed by atoms with E-state index < -0.39 is 309 Å². The predicted molar refractivity (Wildman–Crippen MR) is 298 cm³/mol. The van der Waals surface area contributed by atoms with Crippen molar-refractivity contribution in [2.24, 2.45) is 0 Å². The Morgan fingerprint density at radius 3 is 1.05 bits per heavy atom. The van der Waals surface area contributed by atoms with E-state index in [4.69, 9.17) is 71.1 Å². The van der Waals surface area contributed by atoms with Crippen molar-refractivity contribution in [3.05, 3.63) is 0 Å². The van der Waals surface area contributed by atoms with Crippen molar-refractivity contribution >= 4 is 17.7 Å². The molecule has 8 fully saturated rings. The van der Waals surface area contributed by atoms with Crippen molar-refractivity contribution in [2.45, 2.75) is 273 Å². The van der Waals surface area contributed by atoms with Crippen molar-refractivity contribution < 1.29 is 198 Å². The molecule has 43 heteroatoms. The van der Waals surface area contributed by atoms with Gasteiger partial charge in [0.1, 0.15) is 189 Å². The molecule has 0 unspecified atom stereocenters. The van der Waals surface area contributed by atoms with E-state index >= 15 is 0 Å². The highest BCUT2D eigenvalue weighted by molar-refractivity contribution is 5.74. The molecule has 0 saturated carbocycles. The first-order valence-electron chi connectivity index (χ1n) is 31.0. The Kier molecular flexibility index (Phi) is 28.3. The predicted octanol–water partition coefficient (Wildman–Crippen LogP) is -17.0. The smallest absolute Gasteiger partial charge is 0.217 e. The molecule has 8 aliphatic heterocycles. The number of rotatable bonds is 24. The van der Waals surface area contributed by atoms with Crippen LogP contribution in [0.15, 0.2) is 0 Å². The van der Waals surface area contributed by atoms with Crippen LogP contribution in [0.4, 0.5) is 0 Å². The van der Waals surface area contributed by atoms with Gasteiger partial charge in [-0.25, -0.2) is 0 Å². The molecule has 8 heterocycles. The van der Waals surface area contributed by atoms with Crippen LogP contribution in [0, 0.1) is 0 Å². The van der Waals surface area contributed by atoms with E-state index in [1.54, 1.807) is 0 Å². The summed E-state index contributed by atoms with van der Waals surface area (Å²) in [5.74, 6) is -2.79. The van der Waals surface area contributed by atoms with Crippen LogP contribution < -0.4 is 16.0 Å². The number of aliphatic hydroxyl groups excluding tert-OH is 22. The Hall–Kier alpha value is -3.07. The number of ether oxygens (including phenoxy) is 15. The van der Waals surface area contributed by atoms with Gasteiger partial charge in [-0.2, -0.15) is 0 Å². The summed E-state index contributed by atoms with van der Waals surface area (Å²) >= 11 is 0. The highest BCUT2D eigenvalue weighted by Crippen LogP contribution is 2.40. The van der Waals surface area contributed by atoms with Crippen LogP contribution in [0.25, 0.3) is 0 Å². The number of carbonyl (C=O) groups excluding carboxylic acids is 3. The van der Waals surface area contributed by atoms with Crippen molar-refractivity contribution in [2.75, 3.05) is 46.2 Å². The summed E-state index contributed by atoms with van der Waals surface area (Å²) in [7, 11) is 0. The minimum absolute atomic E-state index is 0.835. The number of aliphatic hydroxyl groups is 22. The monoisotopic (exact) mass is 1420 g/mol. The van der Waals surface area contributed by atoms with Crippen LogP contribution in [0.5, 0.6) is 0 Å². The molecule has 0 bridgehead atoms. The van der Waals surface area contributed by atoms with Gasteiger partial charge >= 0.3 is 0 Å². The van der Waals surface area contributed by atoms with E-state index in [-0.39, 0.29) is 0 Å². The van der Waals surface area contributed by atoms with Gasteiger partial charge in [0.25, 0.3) is 0 Å². The third-order valence-corrected chi connectivity index (χ3v) is 17.8. The number of nitrogens with one attached hydrogen (secondary N) is 3. The molecule has 0 spiro atoms. The zero-order chi connectivity index (χ0) is 71.5. The van der Waals surface area contributed by atoms with Crippen LogP contribution in [0.1, 0.15) is 27.7 Å². The Morgan fingerprint density at radius 1 is 0.268 bits per heavy atom. The van der Waals surface area contributed by atoms with E-state index in [1.165, 1.54) is 6.92 Å². The highest BCUT2D eigenvalue weighted by atomic mass is 16.8. The van der Waals surface area contributed by atoms with Crippen LogP contribution in [0.3, 0.4) is 0 Å². The van der Waals surface area contributed by atoms with E-state index in [1.807, 2.05) is 0 Å². The SMILES string of the molecule is CC(=O)N[C@H]1[C@@H](O[C@H]2[C@@H](O)[C@@H](CO)O[C@@H](O[C@@H]3[C@@H](O)[C@@H](O[C@@H]4[C@H](O)[C@@H](O)[C@H](O[C@H]5[C@H](O)[C@@H](O)[C@H](O)O[C@@H]5CO)O[C@@H]4CO)O[C@H](CO)[C@@H]3O[C@@H]3O[C@H](CO)[C@H](O)[C@H](O[C@@H]4O[C@H](CO)[C@H](O)[C@H](O)[C@H]4O[C@@H]4O[C@@H](C)[C@@H](O)[C@@H](O)[C@@H]4O)[C@H]3NC(C)=O)[C@@H]2NC(C)=O)O[C@H](CO)[C@H](O)[C@@H]1O. The second kappa shape index (κ2) is 34.5. The maximum absolute atomic E-state index is 13.3. The molecule has 97 heavy (non-hydrogen) atoms. The fourth-order valence-corrected chi connectivity index (χ4v) is 12.6. The molecule has 25 N–H and O–H groups in total. The van der Waals surface area contributed by atoms with Gasteiger partial charge in [0.05, 0.1) is 52.4 Å². The molecule has 0 aromatic carbocycles. The molecule has 0 aliphatic carbocycles. The maximum atomic E-state index is 13.3. The molecule has 0 aromatic heterocycles. The molecule has 0 aromatic rings. The van der Waals surface area contributed by atoms with Gasteiger partial charge in [0.2, 0.25) is 17.7 Å². The summed E-state index contributed by atoms with van der Waals surface area (Å²) in [6.07, 6.45) is -74.8. The molecular formula is C54H91N3O40. The standard InChI is InChI=1S/C54H91N3O40/c1-12-26(68)32(74)37(79)51(83-12)97-46-33(75)28(70)17(6-59)88-54(46)95-44-25(57-15(4)67)49(86-19(8-61)30(44)72)93-42-22(11-64)90-53(92-41-21(10-63)89-52(38(80)35(41)77)91-40-20(9-62)84-47(82)36(78)34(40)76)39(81)45(42)96-50-24(56-14(3)66)43(29(71)18(7-60)87-50)94-48-23(55-13(2)65)31(73)27(69)16(5-58)85-48/h12,16-54,58-64,68-82H,5-11H2,1-4H3,(H,55,65)(H,56,66)(H,57,67)/t12-,16+,17+,18+,19+,20+,21+,22+,23+,24+,25+,26+,27-,28-,29-,30-,31+,32+,33-,34+,35+,36+,37-,38+,39+,40+,41-,42-,43+,44+,45+,46+,47+,48+,49-,50-,51-,52-,53+,54-/m0/s1. The molecule has 3 amide bonds. The number of carbonyl (C=O) groups is 3. The Labute approximate surface area is 549 Å². The molecule has 8 saturated heterocycles. The van der Waals surface area contributed by atoms with Crippen molar-refractivity contribution in [3.63, 3.8) is 0 Å². The Balaban J connectivity index is 1.18. The van der Waals surface area contributed by atoms with Crippen LogP contribution in [0.2, 0.25) is 0 Å². The zero-order valence-corrected chi connectivity index (χ0v) is 52.2. The Morgan fingerprint density at radius 2 is 0.577 bits per heavy atom. The summed E-state index contributed by atoms with van der Waals surface area (Å²) in [4.78, 5) is 39.1. The van der Waals surface area contributed by atoms with Gasteiger partial charge in [-0.05, 0) is 6.92 Å². The first-order valence-corrected chi connectivity index (χ1v) is 31.0. The summed E-state index contributed by atoms with van der Waals surface area (Å²) in [5.41, 5.74) is 0. The van der Waals surface area contributed by atoms with Gasteiger partial charge in [-0.1, -0.05) is 0 Å². The highest BCUT2D eigenvalue weighted by Gasteiger charge is 2.61. The Bertz CT molecular complexity index is 2490. The van der Waals surface area contributed by atoms with E-state index in [9.17, 15) is 127 Å². The normalized spacial score (nSPS) is 49.9. The average Bonchev–Trinajstić information content (AvgIpc) is 0.767. The first-order chi connectivity index (χ1) is 45.9. The number of amides is 3. The van der Waals surface area contributed by atoms with Crippen LogP contribution in [-0.2, 0) is 85.4 Å². The number of hydrogen-bond donors (Lipinski definition) is 25. The molecule has 40 atom stereocenters. The van der Waals surface area contributed by atoms with Gasteiger partial charge in [-0.15, -0.1) is 0 Å². The molecule has 8 aliphatic rings. The van der Waals surface area contributed by atoms with Crippen molar-refractivity contribution in [1.29, 1.82) is 0 Å². The quantitative estimate of drug-likeness (QED) is 0.0427. The fourth-order valence-electron chi connectivity index (χ4n) is 12.6. The second-order valence-electron chi connectivity index (χ2n) is 24.6. The lowest BCUT2D eigenvalue weighted by Gasteiger charge is -2.52. The topological polar surface area (TPSA) is 671 Å². The van der Waals surface area contributed by atoms with Crippen LogP contribution >= 0.6 is 0 Å². The van der Waals surface area contributed by atoms with Gasteiger partial charge in [-0.3, -0.25) is 14.4 Å². The van der Waals surface area contributed by atoms with E-state index in [0.717, 1.165) is 20.8 Å². The van der Waals surface area contributed by atoms with Crippen LogP contribution in [-0.4, -0.2) is 422 Å². The molecule has 562 valence electrons. The lowest BCUT2D eigenvalue weighted by atomic mass is 9.93. The van der Waals surface area contributed by atoms with E-state index in [2.05, 4.69) is 16.0 Å². The fraction of sp³-hybridized carbons (Fsp3) is 0.944. The molecule has 8 rings (SSSR count). The molecular weight excluding hydrogens is 1330 g/mol. The lowest BCUT2D eigenvalue weighted by Crippen LogP contribution is -2.72. The van der Waals surface area contributed by atoms with Crippen molar-refractivity contribution in [1.82, 2.24) is 16.0 Å². The molecule has 0 radical (unpaired) electrons. The summed E-state index contributed by atoms with van der Waals surface area (Å²) in [5, 5.41) is 249. The first kappa shape index (κ1) is 79.6. The average molecular weight is 1420 g/mol. The maximum Gasteiger partial charge on any atom is 0.217 e. The zero-order valence-electron chi connectivity index (χ0n) is 52.2. The second-order valence-corrected chi connectivity index (χ2v) is 24.6. The van der Waals surface area contributed by atoms with Gasteiger partial charge in [0, 0.05) is 20.8 Å². The lowest BCUT2D eigenvalue weighted by molar-refractivity contribution is -0.402. The summed E-state index contributed by atoms with van der Waals surface area (Å²) < 4.78 is 89.0. The molecule has 43 nitrogen and oxygen atoms in total. The van der Waals surface area contributed by atoms with Crippen molar-refractivity contribution in [3.8, 4) is 0 Å². The van der Waals surface area contributed by atoms with Gasteiger partial charge < -0.3 is 199 Å². The number of hydrogen-bond acceptors (Lipinski definition) is 40. The van der Waals surface area contributed by atoms with E-state index in [0.29, 0.717) is 0 Å². The van der Waals surface area contributed by atoms with Gasteiger partial charge in [0.15, 0.2) is 50.3 Å². The minimum Gasteiger partial charge on any atom is -0.394 e. The third kappa shape index (κ3) is 17.3. The minimum atomic E-state index is -2.53. The summed E-state index contributed by atoms with van der Waals surface area (Å²) in [6, 6.07) is -5.70. The third-order valence-electron chi connectivity index (χ3n) is 17.8.